The van der Waals surface area contributed by atoms with Gasteiger partial charge >= 0.3 is 5.97 Å². The van der Waals surface area contributed by atoms with Crippen LogP contribution in [0.25, 0.3) is 0 Å². The molecule has 0 heterocycles. The Morgan fingerprint density at radius 1 is 1.29 bits per heavy atom. The molecule has 0 radical (unpaired) electrons. The van der Waals surface area contributed by atoms with Crippen LogP contribution in [0.1, 0.15) is 19.8 Å². The second-order valence-corrected chi connectivity index (χ2v) is 3.34. The highest BCUT2D eigenvalue weighted by atomic mass is 16.5. The first-order valence-electron chi connectivity index (χ1n) is 5.32. The van der Waals surface area contributed by atoms with Crippen molar-refractivity contribution in [1.82, 2.24) is 0 Å². The summed E-state index contributed by atoms with van der Waals surface area (Å²) in [6.45, 7) is 4.96. The molecular formula is C11H22O6. The Morgan fingerprint density at radius 3 is 2.18 bits per heavy atom. The number of aliphatic hydroxyl groups excluding tert-OH is 4. The summed E-state index contributed by atoms with van der Waals surface area (Å²) < 4.78 is 4.65. The van der Waals surface area contributed by atoms with E-state index in [9.17, 15) is 4.79 Å². The predicted octanol–water partition coefficient (Wildman–Crippen LogP) is -0.790. The zero-order valence-electron chi connectivity index (χ0n) is 10.1. The molecule has 0 fully saturated rings. The number of hydrogen-bond acceptors (Lipinski definition) is 6. The fourth-order valence-corrected chi connectivity index (χ4v) is 0.593. The van der Waals surface area contributed by atoms with Gasteiger partial charge in [0.25, 0.3) is 0 Å². The molecule has 0 bridgehead atoms. The summed E-state index contributed by atoms with van der Waals surface area (Å²) in [6.07, 6.45) is 0.000185. The third-order valence-electron chi connectivity index (χ3n) is 1.56. The number of rotatable bonds is 7. The number of carbonyl (C=O) groups is 1. The Bertz CT molecular complexity index is 204. The molecule has 1 unspecified atom stereocenters. The standard InChI is InChI=1S/C7H12O3.C4H10O3/c1-6(2)7(9)10-5-3-4-8;5-2-1-4(7)3-6/h8H,1,3-5H2,2H3;4-7H,1-3H2. The van der Waals surface area contributed by atoms with E-state index in [1.54, 1.807) is 6.92 Å². The molecule has 6 nitrogen and oxygen atoms in total. The minimum absolute atomic E-state index is 0.0451. The van der Waals surface area contributed by atoms with Gasteiger partial charge in [0, 0.05) is 25.2 Å². The van der Waals surface area contributed by atoms with E-state index >= 15 is 0 Å². The molecule has 4 N–H and O–H groups in total. The maximum Gasteiger partial charge on any atom is 0.333 e. The van der Waals surface area contributed by atoms with Crippen LogP contribution in [-0.4, -0.2) is 58.9 Å². The van der Waals surface area contributed by atoms with Gasteiger partial charge in [-0.2, -0.15) is 0 Å². The predicted molar refractivity (Wildman–Crippen MR) is 62.3 cm³/mol. The lowest BCUT2D eigenvalue weighted by Gasteiger charge is -2.00. The van der Waals surface area contributed by atoms with Gasteiger partial charge in [-0.15, -0.1) is 0 Å². The van der Waals surface area contributed by atoms with Crippen molar-refractivity contribution in [3.63, 3.8) is 0 Å². The fourth-order valence-electron chi connectivity index (χ4n) is 0.593. The van der Waals surface area contributed by atoms with E-state index < -0.39 is 12.1 Å². The Hall–Kier alpha value is -0.950. The smallest absolute Gasteiger partial charge is 0.333 e. The van der Waals surface area contributed by atoms with Gasteiger partial charge < -0.3 is 25.2 Å². The van der Waals surface area contributed by atoms with E-state index in [2.05, 4.69) is 11.3 Å². The molecule has 0 aromatic rings. The van der Waals surface area contributed by atoms with E-state index in [0.717, 1.165) is 0 Å². The number of aliphatic hydroxyl groups is 4. The molecule has 0 aromatic heterocycles. The molecule has 0 spiro atoms. The summed E-state index contributed by atoms with van der Waals surface area (Å²) in [4.78, 5) is 10.6. The van der Waals surface area contributed by atoms with E-state index in [-0.39, 0.29) is 32.8 Å². The largest absolute Gasteiger partial charge is 0.462 e. The molecule has 0 aliphatic rings. The maximum atomic E-state index is 10.6. The van der Waals surface area contributed by atoms with Crippen LogP contribution in [0.3, 0.4) is 0 Å². The second-order valence-electron chi connectivity index (χ2n) is 3.34. The third-order valence-corrected chi connectivity index (χ3v) is 1.56. The van der Waals surface area contributed by atoms with Crippen molar-refractivity contribution in [3.8, 4) is 0 Å². The summed E-state index contributed by atoms with van der Waals surface area (Å²) in [7, 11) is 0. The molecule has 6 heteroatoms. The van der Waals surface area contributed by atoms with Crippen molar-refractivity contribution in [2.45, 2.75) is 25.9 Å². The topological polar surface area (TPSA) is 107 Å². The van der Waals surface area contributed by atoms with E-state index in [1.165, 1.54) is 0 Å². The third kappa shape index (κ3) is 15.1. The van der Waals surface area contributed by atoms with Crippen molar-refractivity contribution >= 4 is 5.97 Å². The second kappa shape index (κ2) is 13.1. The highest BCUT2D eigenvalue weighted by Crippen LogP contribution is 1.92. The summed E-state index contributed by atoms with van der Waals surface area (Å²) >= 11 is 0. The molecule has 0 saturated heterocycles. The monoisotopic (exact) mass is 250 g/mol. The van der Waals surface area contributed by atoms with Crippen LogP contribution in [0.15, 0.2) is 12.2 Å². The molecule has 0 aromatic carbocycles. The average Bonchev–Trinajstić information content (AvgIpc) is 2.30. The fraction of sp³-hybridized carbons (Fsp3) is 0.727. The number of ether oxygens (including phenoxy) is 1. The summed E-state index contributed by atoms with van der Waals surface area (Å²) in [6, 6.07) is 0. The van der Waals surface area contributed by atoms with Crippen molar-refractivity contribution in [2.75, 3.05) is 26.4 Å². The minimum Gasteiger partial charge on any atom is -0.462 e. The lowest BCUT2D eigenvalue weighted by Crippen LogP contribution is -2.12. The molecule has 1 atom stereocenters. The van der Waals surface area contributed by atoms with Crippen LogP contribution in [0, 0.1) is 0 Å². The van der Waals surface area contributed by atoms with Crippen molar-refractivity contribution in [3.05, 3.63) is 12.2 Å². The van der Waals surface area contributed by atoms with Gasteiger partial charge in [-0.25, -0.2) is 4.79 Å². The Balaban J connectivity index is 0. The molecule has 0 aliphatic heterocycles. The zero-order chi connectivity index (χ0) is 13.7. The normalized spacial score (nSPS) is 11.1. The van der Waals surface area contributed by atoms with Gasteiger partial charge in [-0.05, 0) is 13.3 Å². The Labute approximate surface area is 101 Å². The Kier molecular flexibility index (Phi) is 14.2. The van der Waals surface area contributed by atoms with Crippen LogP contribution >= 0.6 is 0 Å². The summed E-state index contributed by atoms with van der Waals surface area (Å²) in [5.74, 6) is -0.395. The maximum absolute atomic E-state index is 10.6. The van der Waals surface area contributed by atoms with Gasteiger partial charge in [0.1, 0.15) is 0 Å². The van der Waals surface area contributed by atoms with Crippen LogP contribution < -0.4 is 0 Å². The first-order valence-corrected chi connectivity index (χ1v) is 5.32. The van der Waals surface area contributed by atoms with Crippen LogP contribution in [0.5, 0.6) is 0 Å². The molecule has 17 heavy (non-hydrogen) atoms. The van der Waals surface area contributed by atoms with Crippen LogP contribution in [0.2, 0.25) is 0 Å². The first-order chi connectivity index (χ1) is 7.99. The lowest BCUT2D eigenvalue weighted by molar-refractivity contribution is -0.139. The molecule has 0 amide bonds. The van der Waals surface area contributed by atoms with Gasteiger partial charge in [-0.3, -0.25) is 0 Å². The highest BCUT2D eigenvalue weighted by molar-refractivity contribution is 5.86. The number of esters is 1. The summed E-state index contributed by atoms with van der Waals surface area (Å²) in [5, 5.41) is 33.0. The van der Waals surface area contributed by atoms with Gasteiger partial charge in [-0.1, -0.05) is 6.58 Å². The Morgan fingerprint density at radius 2 is 1.88 bits per heavy atom. The van der Waals surface area contributed by atoms with Gasteiger partial charge in [0.2, 0.25) is 0 Å². The molecular weight excluding hydrogens is 228 g/mol. The van der Waals surface area contributed by atoms with Crippen molar-refractivity contribution < 1.29 is 30.0 Å². The van der Waals surface area contributed by atoms with E-state index in [1.807, 2.05) is 0 Å². The van der Waals surface area contributed by atoms with E-state index in [0.29, 0.717) is 12.0 Å². The molecule has 102 valence electrons. The van der Waals surface area contributed by atoms with Crippen molar-refractivity contribution in [1.29, 1.82) is 0 Å². The lowest BCUT2D eigenvalue weighted by atomic mass is 10.3. The minimum atomic E-state index is -0.745. The number of carbonyl (C=O) groups excluding carboxylic acids is 1. The average molecular weight is 250 g/mol. The molecule has 0 rings (SSSR count). The van der Waals surface area contributed by atoms with Crippen molar-refractivity contribution in [2.24, 2.45) is 0 Å². The van der Waals surface area contributed by atoms with Crippen LogP contribution in [-0.2, 0) is 9.53 Å². The quantitative estimate of drug-likeness (QED) is 0.268. The number of hydrogen-bond donors (Lipinski definition) is 4. The van der Waals surface area contributed by atoms with Gasteiger partial charge in [0.05, 0.1) is 19.3 Å². The van der Waals surface area contributed by atoms with E-state index in [4.69, 9.17) is 20.4 Å². The molecule has 0 aliphatic carbocycles. The summed E-state index contributed by atoms with van der Waals surface area (Å²) in [5.41, 5.74) is 0.387. The SMILES string of the molecule is C=C(C)C(=O)OCCCO.OCCC(O)CO. The highest BCUT2D eigenvalue weighted by Gasteiger charge is 2.00. The molecule has 0 saturated carbocycles. The first kappa shape index (κ1) is 18.4. The van der Waals surface area contributed by atoms with Crippen LogP contribution in [0.4, 0.5) is 0 Å². The zero-order valence-corrected chi connectivity index (χ0v) is 10.1. The van der Waals surface area contributed by atoms with Gasteiger partial charge in [0.15, 0.2) is 0 Å².